The van der Waals surface area contributed by atoms with E-state index in [0.717, 1.165) is 0 Å². The Morgan fingerprint density at radius 1 is 1.14 bits per heavy atom. The standard InChI is InChI=1S/C20H18Cl2N2O4/c1-4-28-20(25)14-10-23-19-13(7-11(21)8-15(19)22)18(14)24-16-6-5-12(26-2)9-17(16)27-3/h5-10H,4H2,1-3H3,(H,23,24). The van der Waals surface area contributed by atoms with Crippen LogP contribution in [0.5, 0.6) is 11.5 Å². The van der Waals surface area contributed by atoms with Gasteiger partial charge < -0.3 is 19.5 Å². The number of halogens is 2. The number of hydrogen-bond donors (Lipinski definition) is 1. The van der Waals surface area contributed by atoms with Crippen LogP contribution < -0.4 is 14.8 Å². The largest absolute Gasteiger partial charge is 0.497 e. The molecule has 8 heteroatoms. The zero-order chi connectivity index (χ0) is 20.3. The number of nitrogens with zero attached hydrogens (tertiary/aromatic N) is 1. The van der Waals surface area contributed by atoms with Crippen molar-refractivity contribution >= 4 is 51.4 Å². The number of benzene rings is 2. The molecule has 0 aliphatic rings. The second-order valence-electron chi connectivity index (χ2n) is 5.74. The highest BCUT2D eigenvalue weighted by Crippen LogP contribution is 2.38. The van der Waals surface area contributed by atoms with Crippen LogP contribution in [0.15, 0.2) is 36.5 Å². The summed E-state index contributed by atoms with van der Waals surface area (Å²) in [5, 5.41) is 4.62. The molecule has 0 bridgehead atoms. The molecule has 146 valence electrons. The Labute approximate surface area is 172 Å². The van der Waals surface area contributed by atoms with Gasteiger partial charge in [0, 0.05) is 22.7 Å². The van der Waals surface area contributed by atoms with Crippen molar-refractivity contribution in [3.8, 4) is 11.5 Å². The molecule has 0 atom stereocenters. The minimum atomic E-state index is -0.511. The van der Waals surface area contributed by atoms with Gasteiger partial charge >= 0.3 is 5.97 Å². The van der Waals surface area contributed by atoms with Gasteiger partial charge in [-0.05, 0) is 31.2 Å². The predicted octanol–water partition coefficient (Wildman–Crippen LogP) is 5.48. The van der Waals surface area contributed by atoms with E-state index in [1.54, 1.807) is 51.5 Å². The van der Waals surface area contributed by atoms with Gasteiger partial charge in [0.15, 0.2) is 0 Å². The summed E-state index contributed by atoms with van der Waals surface area (Å²) >= 11 is 12.5. The van der Waals surface area contributed by atoms with Crippen molar-refractivity contribution in [2.24, 2.45) is 0 Å². The van der Waals surface area contributed by atoms with Gasteiger partial charge in [0.2, 0.25) is 0 Å². The maximum atomic E-state index is 12.5. The molecule has 0 aliphatic heterocycles. The smallest absolute Gasteiger partial charge is 0.341 e. The quantitative estimate of drug-likeness (QED) is 0.532. The van der Waals surface area contributed by atoms with Gasteiger partial charge in [0.25, 0.3) is 0 Å². The Morgan fingerprint density at radius 3 is 2.61 bits per heavy atom. The molecule has 0 radical (unpaired) electrons. The number of pyridine rings is 1. The van der Waals surface area contributed by atoms with Crippen LogP contribution in [0.2, 0.25) is 10.0 Å². The first-order valence-corrected chi connectivity index (χ1v) is 9.18. The Kier molecular flexibility index (Phi) is 6.11. The number of fused-ring (bicyclic) bond motifs is 1. The Morgan fingerprint density at radius 2 is 1.93 bits per heavy atom. The zero-order valence-corrected chi connectivity index (χ0v) is 17.0. The Balaban J connectivity index is 2.22. The second-order valence-corrected chi connectivity index (χ2v) is 6.59. The number of nitrogens with one attached hydrogen (secondary N) is 1. The summed E-state index contributed by atoms with van der Waals surface area (Å²) in [6.07, 6.45) is 1.43. The van der Waals surface area contributed by atoms with E-state index < -0.39 is 5.97 Å². The number of rotatable bonds is 6. The highest BCUT2D eigenvalue weighted by Gasteiger charge is 2.20. The molecule has 28 heavy (non-hydrogen) atoms. The van der Waals surface area contributed by atoms with E-state index in [4.69, 9.17) is 37.4 Å². The van der Waals surface area contributed by atoms with Crippen LogP contribution in [0.4, 0.5) is 11.4 Å². The van der Waals surface area contributed by atoms with Crippen LogP contribution in [-0.4, -0.2) is 31.8 Å². The van der Waals surface area contributed by atoms with Crippen LogP contribution in [0.1, 0.15) is 17.3 Å². The lowest BCUT2D eigenvalue weighted by Gasteiger charge is -2.17. The summed E-state index contributed by atoms with van der Waals surface area (Å²) in [6.45, 7) is 1.97. The molecule has 0 unspecified atom stereocenters. The van der Waals surface area contributed by atoms with Crippen molar-refractivity contribution < 1.29 is 19.0 Å². The van der Waals surface area contributed by atoms with Crippen molar-refractivity contribution in [3.05, 3.63) is 52.1 Å². The maximum Gasteiger partial charge on any atom is 0.341 e. The van der Waals surface area contributed by atoms with Gasteiger partial charge in [0.1, 0.15) is 17.1 Å². The normalized spacial score (nSPS) is 10.6. The summed E-state index contributed by atoms with van der Waals surface area (Å²) in [4.78, 5) is 16.8. The van der Waals surface area contributed by atoms with Gasteiger partial charge in [-0.25, -0.2) is 4.79 Å². The van der Waals surface area contributed by atoms with Crippen molar-refractivity contribution in [2.75, 3.05) is 26.1 Å². The number of aromatic nitrogens is 1. The summed E-state index contributed by atoms with van der Waals surface area (Å²) in [5.41, 5.74) is 1.86. The molecule has 0 amide bonds. The van der Waals surface area contributed by atoms with Crippen molar-refractivity contribution in [1.82, 2.24) is 4.98 Å². The van der Waals surface area contributed by atoms with E-state index in [1.165, 1.54) is 6.20 Å². The first-order chi connectivity index (χ1) is 13.5. The fraction of sp³-hybridized carbons (Fsp3) is 0.200. The van der Waals surface area contributed by atoms with Crippen LogP contribution in [0.3, 0.4) is 0 Å². The molecule has 3 rings (SSSR count). The monoisotopic (exact) mass is 420 g/mol. The molecule has 0 saturated carbocycles. The van der Waals surface area contributed by atoms with E-state index >= 15 is 0 Å². The number of anilines is 2. The SMILES string of the molecule is CCOC(=O)c1cnc2c(Cl)cc(Cl)cc2c1Nc1ccc(OC)cc1OC. The predicted molar refractivity (Wildman–Crippen MR) is 111 cm³/mol. The van der Waals surface area contributed by atoms with Crippen molar-refractivity contribution in [1.29, 1.82) is 0 Å². The minimum Gasteiger partial charge on any atom is -0.497 e. The van der Waals surface area contributed by atoms with Crippen LogP contribution >= 0.6 is 23.2 Å². The third-order valence-corrected chi connectivity index (χ3v) is 4.56. The summed E-state index contributed by atoms with van der Waals surface area (Å²) in [6, 6.07) is 8.58. The van der Waals surface area contributed by atoms with Gasteiger partial charge in [-0.3, -0.25) is 4.98 Å². The molecule has 1 heterocycles. The first kappa shape index (κ1) is 20.0. The molecule has 0 spiro atoms. The van der Waals surface area contributed by atoms with E-state index in [-0.39, 0.29) is 12.2 Å². The molecule has 6 nitrogen and oxygen atoms in total. The molecular weight excluding hydrogens is 403 g/mol. The summed E-state index contributed by atoms with van der Waals surface area (Å²) in [7, 11) is 3.12. The van der Waals surface area contributed by atoms with E-state index in [9.17, 15) is 4.79 Å². The summed E-state index contributed by atoms with van der Waals surface area (Å²) < 4.78 is 15.8. The zero-order valence-electron chi connectivity index (χ0n) is 15.5. The minimum absolute atomic E-state index is 0.235. The van der Waals surface area contributed by atoms with E-state index in [1.807, 2.05) is 0 Å². The van der Waals surface area contributed by atoms with E-state index in [0.29, 0.717) is 43.8 Å². The van der Waals surface area contributed by atoms with Gasteiger partial charge in [-0.1, -0.05) is 23.2 Å². The highest BCUT2D eigenvalue weighted by atomic mass is 35.5. The molecule has 0 fully saturated rings. The van der Waals surface area contributed by atoms with Crippen LogP contribution in [0.25, 0.3) is 10.9 Å². The van der Waals surface area contributed by atoms with Crippen molar-refractivity contribution in [3.63, 3.8) is 0 Å². The average molecular weight is 421 g/mol. The number of hydrogen-bond acceptors (Lipinski definition) is 6. The fourth-order valence-electron chi connectivity index (χ4n) is 2.76. The highest BCUT2D eigenvalue weighted by molar-refractivity contribution is 6.38. The van der Waals surface area contributed by atoms with Gasteiger partial charge in [0.05, 0.1) is 42.7 Å². The van der Waals surface area contributed by atoms with Gasteiger partial charge in [-0.2, -0.15) is 0 Å². The molecule has 0 saturated heterocycles. The number of carbonyl (C=O) groups excluding carboxylic acids is 1. The third kappa shape index (κ3) is 3.93. The molecule has 0 aliphatic carbocycles. The molecule has 2 aromatic carbocycles. The lowest BCUT2D eigenvalue weighted by atomic mass is 10.1. The van der Waals surface area contributed by atoms with Crippen LogP contribution in [0, 0.1) is 0 Å². The van der Waals surface area contributed by atoms with Crippen LogP contribution in [-0.2, 0) is 4.74 Å². The second kappa shape index (κ2) is 8.54. The molecular formula is C20H18Cl2N2O4. The van der Waals surface area contributed by atoms with Gasteiger partial charge in [-0.15, -0.1) is 0 Å². The first-order valence-electron chi connectivity index (χ1n) is 8.42. The number of carbonyl (C=O) groups is 1. The maximum absolute atomic E-state index is 12.5. The number of esters is 1. The Hall–Kier alpha value is -2.70. The van der Waals surface area contributed by atoms with Crippen molar-refractivity contribution in [2.45, 2.75) is 6.92 Å². The molecule has 3 aromatic rings. The molecule has 1 aromatic heterocycles. The van der Waals surface area contributed by atoms with E-state index in [2.05, 4.69) is 10.3 Å². The average Bonchev–Trinajstić information content (AvgIpc) is 2.68. The Bertz CT molecular complexity index is 1040. The number of ether oxygens (including phenoxy) is 3. The fourth-order valence-corrected chi connectivity index (χ4v) is 3.30. The number of methoxy groups -OCH3 is 2. The topological polar surface area (TPSA) is 69.7 Å². The summed E-state index contributed by atoms with van der Waals surface area (Å²) in [5.74, 6) is 0.661. The molecule has 1 N–H and O–H groups in total. The third-order valence-electron chi connectivity index (χ3n) is 4.05. The lowest BCUT2D eigenvalue weighted by Crippen LogP contribution is -2.09. The lowest BCUT2D eigenvalue weighted by molar-refractivity contribution is 0.0527.